The van der Waals surface area contributed by atoms with Crippen molar-refractivity contribution in [2.45, 2.75) is 52.6 Å². The van der Waals surface area contributed by atoms with Gasteiger partial charge in [-0.25, -0.2) is 18.6 Å². The fraction of sp³-hybridized carbons (Fsp3) is 1.00. The molecule has 0 aliphatic heterocycles. The van der Waals surface area contributed by atoms with Gasteiger partial charge in [-0.2, -0.15) is 5.43 Å². The first kappa shape index (κ1) is 17.4. The molecule has 0 aliphatic rings. The second-order valence-electron chi connectivity index (χ2n) is 5.28. The molecule has 0 atom stereocenters. The minimum Gasteiger partial charge on any atom is -0.264 e. The Bertz CT molecular complexity index is 149. The highest BCUT2D eigenvalue weighted by molar-refractivity contribution is 4.63. The summed E-state index contributed by atoms with van der Waals surface area (Å²) in [5.41, 5.74) is 5.96. The minimum atomic E-state index is -4.94. The Hall–Kier alpha value is 0.0500. The number of nitrogens with one attached hydrogen (secondary N) is 1. The van der Waals surface area contributed by atoms with E-state index in [9.17, 15) is 0 Å². The molecule has 0 aromatic carbocycles. The van der Waals surface area contributed by atoms with Gasteiger partial charge in [-0.05, 0) is 41.5 Å². The van der Waals surface area contributed by atoms with Crippen LogP contribution >= 0.6 is 0 Å². The number of rotatable bonds is 1. The Balaban J connectivity index is 0. The van der Waals surface area contributed by atoms with Gasteiger partial charge in [-0.15, -0.1) is 10.2 Å². The van der Waals surface area contributed by atoms with Gasteiger partial charge in [0.15, 0.2) is 0 Å². The quantitative estimate of drug-likeness (QED) is 0.359. The van der Waals surface area contributed by atoms with Crippen molar-refractivity contribution in [3.05, 3.63) is 0 Å². The highest BCUT2D eigenvalue weighted by Crippen LogP contribution is 1.95. The van der Waals surface area contributed by atoms with Crippen LogP contribution in [0.2, 0.25) is 0 Å². The van der Waals surface area contributed by atoms with Crippen molar-refractivity contribution in [2.24, 2.45) is 0 Å². The van der Waals surface area contributed by atoms with Crippen molar-refractivity contribution in [3.63, 3.8) is 0 Å². The highest BCUT2D eigenvalue weighted by Gasteiger charge is 2.18. The van der Waals surface area contributed by atoms with E-state index in [1.54, 1.807) is 0 Å². The Morgan fingerprint density at radius 3 is 1.20 bits per heavy atom. The normalized spacial score (nSPS) is 13.2. The smallest absolute Gasteiger partial charge is 0.105 e. The predicted molar refractivity (Wildman–Crippen MR) is 44.6 cm³/mol. The lowest BCUT2D eigenvalue weighted by atomic mass is 10.1. The first-order chi connectivity index (χ1) is 6.21. The van der Waals surface area contributed by atoms with Crippen molar-refractivity contribution < 1.29 is 34.3 Å². The standard InChI is InChI=1S/C8H20N2.ClHO4/c1-7(2,3)9-10-8(4,5)6;2-1(3,4)5/h9-10H,1-6H3;(H,2,3,4,5). The van der Waals surface area contributed by atoms with Crippen LogP contribution in [-0.4, -0.2) is 11.1 Å². The molecule has 15 heavy (non-hydrogen) atoms. The molecule has 3 N–H and O–H groups in total. The summed E-state index contributed by atoms with van der Waals surface area (Å²) in [6, 6.07) is 0. The van der Waals surface area contributed by atoms with Gasteiger partial charge in [-0.1, -0.05) is 0 Å². The maximum absolute atomic E-state index is 8.49. The molecule has 0 amide bonds. The van der Waals surface area contributed by atoms with E-state index in [0.29, 0.717) is 0 Å². The molecule has 94 valence electrons. The monoisotopic (exact) mass is 244 g/mol. The van der Waals surface area contributed by atoms with E-state index in [1.807, 2.05) is 0 Å². The molecule has 0 spiro atoms. The van der Waals surface area contributed by atoms with Gasteiger partial charge in [0.05, 0.1) is 5.54 Å². The van der Waals surface area contributed by atoms with Crippen LogP contribution in [0.1, 0.15) is 41.5 Å². The topological polar surface area (TPSA) is 121 Å². The van der Waals surface area contributed by atoms with Crippen molar-refractivity contribution >= 4 is 0 Å². The van der Waals surface area contributed by atoms with Crippen LogP contribution < -0.4 is 29.5 Å². The molecule has 0 saturated heterocycles. The number of quaternary nitrogens is 1. The summed E-state index contributed by atoms with van der Waals surface area (Å²) in [4.78, 5) is 0. The Morgan fingerprint density at radius 2 is 1.13 bits per heavy atom. The molecule has 0 aromatic rings. The molecular weight excluding hydrogens is 224 g/mol. The molecule has 0 bridgehead atoms. The number of halogens is 1. The van der Waals surface area contributed by atoms with Crippen LogP contribution in [0.5, 0.6) is 0 Å². The molecule has 0 unspecified atom stereocenters. The molecule has 0 heterocycles. The van der Waals surface area contributed by atoms with Crippen LogP contribution in [0, 0.1) is 10.2 Å². The zero-order valence-corrected chi connectivity index (χ0v) is 10.8. The second-order valence-corrected chi connectivity index (χ2v) is 6.04. The maximum atomic E-state index is 8.49. The summed E-state index contributed by atoms with van der Waals surface area (Å²) in [5, 5.41) is 0. The van der Waals surface area contributed by atoms with Gasteiger partial charge < -0.3 is 0 Å². The third-order valence-corrected chi connectivity index (χ3v) is 0.938. The SMILES string of the molecule is CC(C)(C)N[NH2+]C(C)(C)C.[O-][Cl+3]([O-])([O-])[O-]. The van der Waals surface area contributed by atoms with Crippen LogP contribution in [0.25, 0.3) is 0 Å². The third-order valence-electron chi connectivity index (χ3n) is 0.938. The first-order valence-electron chi connectivity index (χ1n) is 4.44. The average molecular weight is 245 g/mol. The zero-order chi connectivity index (χ0) is 12.9. The van der Waals surface area contributed by atoms with Gasteiger partial charge >= 0.3 is 0 Å². The number of hydrogen-bond donors (Lipinski definition) is 2. The first-order valence-corrected chi connectivity index (χ1v) is 5.68. The van der Waals surface area contributed by atoms with Crippen molar-refractivity contribution in [1.29, 1.82) is 0 Å². The summed E-state index contributed by atoms with van der Waals surface area (Å²) in [6.07, 6.45) is 0. The highest BCUT2D eigenvalue weighted by atomic mass is 35.7. The van der Waals surface area contributed by atoms with E-state index in [-0.39, 0.29) is 11.1 Å². The van der Waals surface area contributed by atoms with Crippen LogP contribution in [0.15, 0.2) is 0 Å². The van der Waals surface area contributed by atoms with E-state index in [1.165, 1.54) is 0 Å². The molecule has 0 saturated carbocycles. The molecule has 0 aliphatic carbocycles. The lowest BCUT2D eigenvalue weighted by Crippen LogP contribution is -3.04. The van der Waals surface area contributed by atoms with E-state index in [0.717, 1.165) is 0 Å². The average Bonchev–Trinajstić information content (AvgIpc) is 1.76. The molecule has 0 rings (SSSR count). The summed E-state index contributed by atoms with van der Waals surface area (Å²) >= 11 is 0. The zero-order valence-electron chi connectivity index (χ0n) is 10.1. The predicted octanol–water partition coefficient (Wildman–Crippen LogP) is -4.10. The molecule has 0 radical (unpaired) electrons. The Morgan fingerprint density at radius 1 is 0.867 bits per heavy atom. The largest absolute Gasteiger partial charge is 0.264 e. The van der Waals surface area contributed by atoms with Crippen LogP contribution in [0.3, 0.4) is 0 Å². The maximum Gasteiger partial charge on any atom is 0.105 e. The van der Waals surface area contributed by atoms with E-state index < -0.39 is 10.2 Å². The minimum absolute atomic E-state index is 0.202. The van der Waals surface area contributed by atoms with Crippen molar-refractivity contribution in [1.82, 2.24) is 5.43 Å². The van der Waals surface area contributed by atoms with E-state index in [4.69, 9.17) is 18.6 Å². The third kappa shape index (κ3) is 41.0. The summed E-state index contributed by atoms with van der Waals surface area (Å²) < 4.78 is 34.0. The van der Waals surface area contributed by atoms with Crippen molar-refractivity contribution in [3.8, 4) is 0 Å². The number of hydrogen-bond acceptors (Lipinski definition) is 5. The Kier molecular flexibility index (Phi) is 6.92. The van der Waals surface area contributed by atoms with E-state index in [2.05, 4.69) is 52.4 Å². The molecule has 0 fully saturated rings. The molecule has 6 nitrogen and oxygen atoms in total. The van der Waals surface area contributed by atoms with Gasteiger partial charge in [-0.3, -0.25) is 5.43 Å². The van der Waals surface area contributed by atoms with Crippen LogP contribution in [0.4, 0.5) is 0 Å². The fourth-order valence-electron chi connectivity index (χ4n) is 0.433. The second kappa shape index (κ2) is 5.95. The van der Waals surface area contributed by atoms with Crippen molar-refractivity contribution in [2.75, 3.05) is 0 Å². The van der Waals surface area contributed by atoms with Crippen LogP contribution in [-0.2, 0) is 0 Å². The summed E-state index contributed by atoms with van der Waals surface area (Å²) in [7, 11) is -4.94. The lowest BCUT2D eigenvalue weighted by Gasteiger charge is -2.24. The number of nitrogens with two attached hydrogens (primary N) is 1. The lowest BCUT2D eigenvalue weighted by molar-refractivity contribution is -2.00. The molecule has 7 heteroatoms. The van der Waals surface area contributed by atoms with Gasteiger partial charge in [0, 0.05) is 0 Å². The summed E-state index contributed by atoms with van der Waals surface area (Å²) in [5.74, 6) is 0. The Labute approximate surface area is 93.0 Å². The fourth-order valence-corrected chi connectivity index (χ4v) is 0.433. The molecule has 0 aromatic heterocycles. The van der Waals surface area contributed by atoms with Gasteiger partial charge in [0.2, 0.25) is 0 Å². The molecular formula is C8H21ClN2O4. The summed E-state index contributed by atoms with van der Waals surface area (Å²) in [6.45, 7) is 13.0. The van der Waals surface area contributed by atoms with Gasteiger partial charge in [0.25, 0.3) is 0 Å². The van der Waals surface area contributed by atoms with E-state index >= 15 is 0 Å². The van der Waals surface area contributed by atoms with Gasteiger partial charge in [0.1, 0.15) is 5.54 Å².